The van der Waals surface area contributed by atoms with Gasteiger partial charge in [-0.25, -0.2) is 4.79 Å². The van der Waals surface area contributed by atoms with Crippen molar-refractivity contribution in [1.29, 1.82) is 0 Å². The van der Waals surface area contributed by atoms with E-state index in [9.17, 15) is 14.4 Å². The molecule has 224 valence electrons. The maximum absolute atomic E-state index is 13.4. The van der Waals surface area contributed by atoms with Crippen molar-refractivity contribution in [3.8, 4) is 5.75 Å². The Bertz CT molecular complexity index is 1170. The summed E-state index contributed by atoms with van der Waals surface area (Å²) in [5.74, 6) is -0.840. The summed E-state index contributed by atoms with van der Waals surface area (Å²) in [5, 5.41) is 0. The highest BCUT2D eigenvalue weighted by Gasteiger charge is 2.39. The topological polar surface area (TPSA) is 121 Å². The normalized spacial score (nSPS) is 13.8. The van der Waals surface area contributed by atoms with Crippen molar-refractivity contribution >= 4 is 17.8 Å². The molecule has 0 saturated carbocycles. The number of hydrogen-bond donors (Lipinski definition) is 1. The molecule has 0 aromatic heterocycles. The number of amides is 2. The van der Waals surface area contributed by atoms with Gasteiger partial charge in [0.1, 0.15) is 24.0 Å². The molecule has 0 saturated heterocycles. The van der Waals surface area contributed by atoms with Gasteiger partial charge < -0.3 is 29.6 Å². The van der Waals surface area contributed by atoms with Crippen molar-refractivity contribution in [3.63, 3.8) is 0 Å². The summed E-state index contributed by atoms with van der Waals surface area (Å²) >= 11 is 0. The zero-order valence-corrected chi connectivity index (χ0v) is 24.8. The van der Waals surface area contributed by atoms with Crippen LogP contribution in [0.25, 0.3) is 0 Å². The van der Waals surface area contributed by atoms with Gasteiger partial charge in [0.15, 0.2) is 0 Å². The highest BCUT2D eigenvalue weighted by molar-refractivity contribution is 6.01. The maximum atomic E-state index is 13.4. The summed E-state index contributed by atoms with van der Waals surface area (Å²) in [4.78, 5) is 41.6. The molecule has 0 fully saturated rings. The number of primary amides is 1. The second-order valence-electron chi connectivity index (χ2n) is 11.1. The lowest BCUT2D eigenvalue weighted by Crippen LogP contribution is -2.45. The lowest BCUT2D eigenvalue weighted by Gasteiger charge is -2.29. The number of esters is 1. The molecule has 2 N–H and O–H groups in total. The van der Waals surface area contributed by atoms with E-state index in [0.717, 1.165) is 25.2 Å². The molecule has 2 aromatic carbocycles. The SMILES string of the molecule is COCCN(CCOC)Cc1ccc(COc2cccc3c2CN(C(CCC(N)=O)C(=O)OC(C)(C)C)C3=O)cc1. The van der Waals surface area contributed by atoms with E-state index in [0.29, 0.717) is 36.7 Å². The van der Waals surface area contributed by atoms with Crippen LogP contribution in [0.4, 0.5) is 0 Å². The predicted octanol–water partition coefficient (Wildman–Crippen LogP) is 3.29. The van der Waals surface area contributed by atoms with Crippen molar-refractivity contribution in [2.75, 3.05) is 40.5 Å². The Hall–Kier alpha value is -3.47. The highest BCUT2D eigenvalue weighted by Crippen LogP contribution is 2.34. The van der Waals surface area contributed by atoms with Crippen LogP contribution in [0.5, 0.6) is 5.75 Å². The smallest absolute Gasteiger partial charge is 0.329 e. The monoisotopic (exact) mass is 569 g/mol. The molecule has 10 heteroatoms. The number of benzene rings is 2. The molecular formula is C31H43N3O7. The van der Waals surface area contributed by atoms with Gasteiger partial charge in [0.05, 0.1) is 19.8 Å². The molecule has 2 amide bonds. The number of carbonyl (C=O) groups is 3. The fraction of sp³-hybridized carbons (Fsp3) is 0.516. The molecule has 0 radical (unpaired) electrons. The lowest BCUT2D eigenvalue weighted by atomic mass is 10.1. The molecule has 1 unspecified atom stereocenters. The van der Waals surface area contributed by atoms with E-state index in [1.807, 2.05) is 18.2 Å². The van der Waals surface area contributed by atoms with E-state index in [-0.39, 0.29) is 25.3 Å². The summed E-state index contributed by atoms with van der Waals surface area (Å²) in [7, 11) is 3.39. The number of rotatable bonds is 16. The Morgan fingerprint density at radius 2 is 1.63 bits per heavy atom. The fourth-order valence-corrected chi connectivity index (χ4v) is 4.63. The maximum Gasteiger partial charge on any atom is 0.329 e. The Balaban J connectivity index is 1.69. The zero-order chi connectivity index (χ0) is 30.0. The molecule has 1 aliphatic rings. The van der Waals surface area contributed by atoms with Gasteiger partial charge in [0.2, 0.25) is 5.91 Å². The van der Waals surface area contributed by atoms with E-state index in [4.69, 9.17) is 24.7 Å². The van der Waals surface area contributed by atoms with E-state index in [2.05, 4.69) is 17.0 Å². The van der Waals surface area contributed by atoms with Gasteiger partial charge >= 0.3 is 5.97 Å². The summed E-state index contributed by atoms with van der Waals surface area (Å²) < 4.78 is 22.2. The van der Waals surface area contributed by atoms with Crippen LogP contribution in [0, 0.1) is 0 Å². The average molecular weight is 570 g/mol. The molecule has 0 aliphatic carbocycles. The number of fused-ring (bicyclic) bond motifs is 1. The van der Waals surface area contributed by atoms with Crippen LogP contribution < -0.4 is 10.5 Å². The Labute approximate surface area is 242 Å². The number of methoxy groups -OCH3 is 2. The summed E-state index contributed by atoms with van der Waals surface area (Å²) in [6.45, 7) is 9.49. The average Bonchev–Trinajstić information content (AvgIpc) is 3.25. The third-order valence-electron chi connectivity index (χ3n) is 6.72. The molecule has 0 spiro atoms. The molecule has 1 heterocycles. The minimum absolute atomic E-state index is 0.0418. The fourth-order valence-electron chi connectivity index (χ4n) is 4.63. The molecule has 10 nitrogen and oxygen atoms in total. The largest absolute Gasteiger partial charge is 0.489 e. The van der Waals surface area contributed by atoms with E-state index >= 15 is 0 Å². The number of ether oxygens (including phenoxy) is 4. The number of carbonyl (C=O) groups excluding carboxylic acids is 3. The van der Waals surface area contributed by atoms with Crippen molar-refractivity contribution in [3.05, 3.63) is 64.7 Å². The predicted molar refractivity (Wildman–Crippen MR) is 154 cm³/mol. The minimum atomic E-state index is -0.936. The molecular weight excluding hydrogens is 526 g/mol. The van der Waals surface area contributed by atoms with Crippen molar-refractivity contribution in [2.45, 2.75) is 65.0 Å². The van der Waals surface area contributed by atoms with Gasteiger partial charge in [-0.1, -0.05) is 30.3 Å². The first-order valence-corrected chi connectivity index (χ1v) is 13.9. The van der Waals surface area contributed by atoms with Crippen molar-refractivity contribution < 1.29 is 33.3 Å². The Kier molecular flexibility index (Phi) is 11.7. The third-order valence-corrected chi connectivity index (χ3v) is 6.72. The van der Waals surface area contributed by atoms with Crippen LogP contribution in [0.1, 0.15) is 60.7 Å². The third kappa shape index (κ3) is 9.55. The first kappa shape index (κ1) is 32.0. The second-order valence-corrected chi connectivity index (χ2v) is 11.1. The van der Waals surface area contributed by atoms with Gasteiger partial charge in [0.25, 0.3) is 5.91 Å². The standard InChI is InChI=1S/C31H43N3O7/c1-31(2,3)41-30(37)26(13-14-28(32)35)34-20-25-24(29(34)36)7-6-8-27(25)40-21-23-11-9-22(10-12-23)19-33(15-17-38-4)16-18-39-5/h6-12,26H,13-21H2,1-5H3,(H2,32,35). The Morgan fingerprint density at radius 1 is 1.00 bits per heavy atom. The molecule has 1 aliphatic heterocycles. The van der Waals surface area contributed by atoms with Crippen LogP contribution in [0.2, 0.25) is 0 Å². The van der Waals surface area contributed by atoms with E-state index in [1.54, 1.807) is 47.1 Å². The number of nitrogens with two attached hydrogens (primary N) is 1. The van der Waals surface area contributed by atoms with E-state index < -0.39 is 23.5 Å². The summed E-state index contributed by atoms with van der Waals surface area (Å²) in [5.41, 5.74) is 7.94. The number of hydrogen-bond acceptors (Lipinski definition) is 8. The first-order valence-electron chi connectivity index (χ1n) is 13.9. The lowest BCUT2D eigenvalue weighted by molar-refractivity contribution is -0.160. The number of nitrogens with zero attached hydrogens (tertiary/aromatic N) is 2. The highest BCUT2D eigenvalue weighted by atomic mass is 16.6. The quantitative estimate of drug-likeness (QED) is 0.306. The van der Waals surface area contributed by atoms with Crippen LogP contribution in [0.3, 0.4) is 0 Å². The molecule has 2 aromatic rings. The van der Waals surface area contributed by atoms with Crippen LogP contribution >= 0.6 is 0 Å². The molecule has 3 rings (SSSR count). The van der Waals surface area contributed by atoms with Crippen molar-refractivity contribution in [2.24, 2.45) is 5.73 Å². The summed E-state index contributed by atoms with van der Waals surface area (Å²) in [6, 6.07) is 12.6. The molecule has 0 bridgehead atoms. The van der Waals surface area contributed by atoms with Gasteiger partial charge in [-0.2, -0.15) is 0 Å². The van der Waals surface area contributed by atoms with Crippen LogP contribution in [0.15, 0.2) is 42.5 Å². The zero-order valence-electron chi connectivity index (χ0n) is 24.8. The second kappa shape index (κ2) is 15.0. The first-order chi connectivity index (χ1) is 19.5. The summed E-state index contributed by atoms with van der Waals surface area (Å²) in [6.07, 6.45) is 0.0425. The van der Waals surface area contributed by atoms with Gasteiger partial charge in [-0.05, 0) is 50.5 Å². The van der Waals surface area contributed by atoms with Gasteiger partial charge in [-0.15, -0.1) is 0 Å². The van der Waals surface area contributed by atoms with Crippen LogP contribution in [-0.2, 0) is 43.5 Å². The Morgan fingerprint density at radius 3 is 2.22 bits per heavy atom. The minimum Gasteiger partial charge on any atom is -0.489 e. The van der Waals surface area contributed by atoms with Gasteiger partial charge in [-0.3, -0.25) is 14.5 Å². The van der Waals surface area contributed by atoms with Crippen molar-refractivity contribution in [1.82, 2.24) is 9.80 Å². The molecule has 1 atom stereocenters. The van der Waals surface area contributed by atoms with E-state index in [1.165, 1.54) is 10.5 Å². The van der Waals surface area contributed by atoms with Gasteiger partial charge in [0, 0.05) is 51.4 Å². The molecule has 41 heavy (non-hydrogen) atoms. The van der Waals surface area contributed by atoms with Crippen LogP contribution in [-0.4, -0.2) is 79.7 Å².